The minimum atomic E-state index is -0.364. The maximum Gasteiger partial charge on any atom is 0.136 e. The summed E-state index contributed by atoms with van der Waals surface area (Å²) >= 11 is 0. The van der Waals surface area contributed by atoms with Crippen LogP contribution in [0.1, 0.15) is 58.3 Å². The van der Waals surface area contributed by atoms with Gasteiger partial charge in [-0.2, -0.15) is 0 Å². The summed E-state index contributed by atoms with van der Waals surface area (Å²) in [5.41, 5.74) is -0.0828. The number of ketones is 1. The van der Waals surface area contributed by atoms with E-state index in [2.05, 4.69) is 6.92 Å². The van der Waals surface area contributed by atoms with Crippen LogP contribution in [0.5, 0.6) is 0 Å². The first-order chi connectivity index (χ1) is 10.9. The lowest BCUT2D eigenvalue weighted by Gasteiger charge is -2.59. The SMILES string of the molecule is C[C@]12CC[C@H](O)C[C@@H]1CC(=O)[C@@H]1[C@@H]3C[C@@H](O)C[C@@]3(CO)CC[C@@H]12. The molecule has 0 saturated heterocycles. The molecule has 4 aliphatic carbocycles. The van der Waals surface area contributed by atoms with E-state index in [9.17, 15) is 20.1 Å². The first kappa shape index (κ1) is 16.0. The third kappa shape index (κ3) is 2.17. The highest BCUT2D eigenvalue weighted by Crippen LogP contribution is 2.65. The summed E-state index contributed by atoms with van der Waals surface area (Å²) in [6.45, 7) is 2.44. The molecule has 0 spiro atoms. The molecule has 0 aromatic carbocycles. The summed E-state index contributed by atoms with van der Waals surface area (Å²) in [5.74, 6) is 1.19. The minimum Gasteiger partial charge on any atom is -0.396 e. The molecular weight excluding hydrogens is 292 g/mol. The van der Waals surface area contributed by atoms with Gasteiger partial charge in [-0.05, 0) is 73.5 Å². The summed E-state index contributed by atoms with van der Waals surface area (Å²) in [5, 5.41) is 30.3. The zero-order valence-corrected chi connectivity index (χ0v) is 14.1. The van der Waals surface area contributed by atoms with Crippen LogP contribution in [0.2, 0.25) is 0 Å². The molecule has 4 fully saturated rings. The van der Waals surface area contributed by atoms with Crippen molar-refractivity contribution < 1.29 is 20.1 Å². The number of hydrogen-bond donors (Lipinski definition) is 3. The molecule has 4 nitrogen and oxygen atoms in total. The Balaban J connectivity index is 1.69. The predicted molar refractivity (Wildman–Crippen MR) is 85.5 cm³/mol. The zero-order valence-electron chi connectivity index (χ0n) is 14.1. The highest BCUT2D eigenvalue weighted by atomic mass is 16.3. The van der Waals surface area contributed by atoms with E-state index < -0.39 is 0 Å². The number of aliphatic hydroxyl groups excluding tert-OH is 3. The van der Waals surface area contributed by atoms with Gasteiger partial charge in [-0.15, -0.1) is 0 Å². The molecule has 0 aromatic heterocycles. The monoisotopic (exact) mass is 322 g/mol. The van der Waals surface area contributed by atoms with Crippen molar-refractivity contribution in [2.75, 3.05) is 6.61 Å². The molecular formula is C19H30O4. The summed E-state index contributed by atoms with van der Waals surface area (Å²) in [7, 11) is 0. The van der Waals surface area contributed by atoms with Crippen LogP contribution in [0.4, 0.5) is 0 Å². The number of aliphatic hydroxyl groups is 3. The molecule has 130 valence electrons. The lowest BCUT2D eigenvalue weighted by molar-refractivity contribution is -0.161. The molecule has 4 rings (SSSR count). The fraction of sp³-hybridized carbons (Fsp3) is 0.947. The Morgan fingerprint density at radius 2 is 1.87 bits per heavy atom. The maximum atomic E-state index is 13.0. The Morgan fingerprint density at radius 3 is 2.61 bits per heavy atom. The van der Waals surface area contributed by atoms with E-state index in [1.165, 1.54) is 0 Å². The van der Waals surface area contributed by atoms with Gasteiger partial charge in [0.15, 0.2) is 0 Å². The van der Waals surface area contributed by atoms with E-state index in [4.69, 9.17) is 0 Å². The molecule has 0 aromatic rings. The topological polar surface area (TPSA) is 77.8 Å². The molecule has 8 atom stereocenters. The average molecular weight is 322 g/mol. The van der Waals surface area contributed by atoms with E-state index in [-0.39, 0.29) is 41.5 Å². The Bertz CT molecular complexity index is 506. The molecule has 0 unspecified atom stereocenters. The molecule has 0 bridgehead atoms. The van der Waals surface area contributed by atoms with Gasteiger partial charge in [0.2, 0.25) is 0 Å². The van der Waals surface area contributed by atoms with Crippen LogP contribution in [0.3, 0.4) is 0 Å². The molecule has 0 heterocycles. The summed E-state index contributed by atoms with van der Waals surface area (Å²) in [4.78, 5) is 13.0. The maximum absolute atomic E-state index is 13.0. The lowest BCUT2D eigenvalue weighted by atomic mass is 9.45. The fourth-order valence-corrected chi connectivity index (χ4v) is 7.00. The Hall–Kier alpha value is -0.450. The number of rotatable bonds is 1. The van der Waals surface area contributed by atoms with E-state index >= 15 is 0 Å². The van der Waals surface area contributed by atoms with Crippen LogP contribution in [0.15, 0.2) is 0 Å². The summed E-state index contributed by atoms with van der Waals surface area (Å²) in [6.07, 6.45) is 5.86. The van der Waals surface area contributed by atoms with Crippen molar-refractivity contribution in [3.63, 3.8) is 0 Å². The smallest absolute Gasteiger partial charge is 0.136 e. The van der Waals surface area contributed by atoms with E-state index in [0.717, 1.165) is 32.1 Å². The summed E-state index contributed by atoms with van der Waals surface area (Å²) < 4.78 is 0. The van der Waals surface area contributed by atoms with Crippen LogP contribution in [0.25, 0.3) is 0 Å². The summed E-state index contributed by atoms with van der Waals surface area (Å²) in [6, 6.07) is 0. The van der Waals surface area contributed by atoms with E-state index in [0.29, 0.717) is 36.9 Å². The third-order valence-corrected chi connectivity index (χ3v) is 8.26. The van der Waals surface area contributed by atoms with Crippen molar-refractivity contribution in [2.24, 2.45) is 34.5 Å². The first-order valence-corrected chi connectivity index (χ1v) is 9.39. The quantitative estimate of drug-likeness (QED) is 0.689. The molecule has 0 radical (unpaired) electrons. The highest BCUT2D eigenvalue weighted by molar-refractivity contribution is 5.83. The van der Waals surface area contributed by atoms with Gasteiger partial charge in [-0.1, -0.05) is 6.92 Å². The first-order valence-electron chi connectivity index (χ1n) is 9.39. The van der Waals surface area contributed by atoms with Gasteiger partial charge < -0.3 is 15.3 Å². The normalized spacial score (nSPS) is 55.9. The Kier molecular flexibility index (Phi) is 3.68. The van der Waals surface area contributed by atoms with Gasteiger partial charge in [-0.3, -0.25) is 4.79 Å². The van der Waals surface area contributed by atoms with Gasteiger partial charge in [0.25, 0.3) is 0 Å². The number of fused-ring (bicyclic) bond motifs is 5. The van der Waals surface area contributed by atoms with Crippen molar-refractivity contribution in [2.45, 2.75) is 70.5 Å². The Labute approximate surface area is 138 Å². The minimum absolute atomic E-state index is 0.0181. The molecule has 0 aliphatic heterocycles. The predicted octanol–water partition coefficient (Wildman–Crippen LogP) is 1.90. The molecule has 3 N–H and O–H groups in total. The second kappa shape index (κ2) is 5.27. The van der Waals surface area contributed by atoms with Crippen LogP contribution in [0, 0.1) is 34.5 Å². The van der Waals surface area contributed by atoms with Gasteiger partial charge in [0, 0.05) is 18.9 Å². The van der Waals surface area contributed by atoms with E-state index in [1.54, 1.807) is 0 Å². The van der Waals surface area contributed by atoms with Gasteiger partial charge in [0.1, 0.15) is 5.78 Å². The van der Waals surface area contributed by atoms with Crippen molar-refractivity contribution in [1.82, 2.24) is 0 Å². The Morgan fingerprint density at radius 1 is 1.09 bits per heavy atom. The van der Waals surface area contributed by atoms with Crippen molar-refractivity contribution in [3.8, 4) is 0 Å². The number of Topliss-reactive ketones (excluding diaryl/α,β-unsaturated/α-hetero) is 1. The number of carbonyl (C=O) groups excluding carboxylic acids is 1. The average Bonchev–Trinajstić information content (AvgIpc) is 2.86. The van der Waals surface area contributed by atoms with E-state index in [1.807, 2.05) is 0 Å². The van der Waals surface area contributed by atoms with Crippen molar-refractivity contribution in [3.05, 3.63) is 0 Å². The molecule has 4 saturated carbocycles. The molecule has 4 heteroatoms. The largest absolute Gasteiger partial charge is 0.396 e. The van der Waals surface area contributed by atoms with Gasteiger partial charge in [0.05, 0.1) is 12.2 Å². The third-order valence-electron chi connectivity index (χ3n) is 8.26. The van der Waals surface area contributed by atoms with Crippen molar-refractivity contribution >= 4 is 5.78 Å². The highest BCUT2D eigenvalue weighted by Gasteiger charge is 2.62. The fourth-order valence-electron chi connectivity index (χ4n) is 7.00. The second-order valence-corrected chi connectivity index (χ2v) is 9.19. The van der Waals surface area contributed by atoms with Crippen LogP contribution in [-0.2, 0) is 4.79 Å². The van der Waals surface area contributed by atoms with Crippen LogP contribution in [-0.4, -0.2) is 39.9 Å². The van der Waals surface area contributed by atoms with Crippen LogP contribution < -0.4 is 0 Å². The number of hydrogen-bond acceptors (Lipinski definition) is 4. The zero-order chi connectivity index (χ0) is 16.4. The number of carbonyl (C=O) groups is 1. The standard InChI is InChI=1S/C19H30O4/c1-18-4-2-12(21)6-11(18)7-16(23)17-14(18)3-5-19(10-20)9-13(22)8-15(17)19/h11-15,17,20-22H,2-10H2,1H3/t11-,12+,13-,14+,15+,17+,18+,19-/m1/s1. The van der Waals surface area contributed by atoms with Crippen LogP contribution >= 0.6 is 0 Å². The molecule has 23 heavy (non-hydrogen) atoms. The van der Waals surface area contributed by atoms with Gasteiger partial charge in [-0.25, -0.2) is 0 Å². The molecule has 4 aliphatic rings. The molecule has 0 amide bonds. The van der Waals surface area contributed by atoms with Crippen molar-refractivity contribution in [1.29, 1.82) is 0 Å². The second-order valence-electron chi connectivity index (χ2n) is 9.19. The lowest BCUT2D eigenvalue weighted by Crippen LogP contribution is -2.57. The van der Waals surface area contributed by atoms with Gasteiger partial charge >= 0.3 is 0 Å².